The van der Waals surface area contributed by atoms with Crippen LogP contribution in [0.5, 0.6) is 0 Å². The van der Waals surface area contributed by atoms with Gasteiger partial charge in [-0.25, -0.2) is 0 Å². The molecule has 2 aromatic rings. The van der Waals surface area contributed by atoms with Crippen LogP contribution in [-0.4, -0.2) is 44.4 Å². The number of hydrogen-bond acceptors (Lipinski definition) is 5. The van der Waals surface area contributed by atoms with Crippen molar-refractivity contribution in [2.75, 3.05) is 6.54 Å². The standard InChI is InChI=1S/C19H17ClN2O4/c1-11(23)10-22-16(13-3-2-8-21-9-13)15(18(25)19(22)26)17(24)12-4-6-14(20)7-5-12/h2-9,11,16,23-24H,10H2,1H3/b17-15-. The third-order valence-corrected chi connectivity index (χ3v) is 4.37. The molecule has 0 saturated carbocycles. The Labute approximate surface area is 155 Å². The lowest BCUT2D eigenvalue weighted by molar-refractivity contribution is -0.140. The summed E-state index contributed by atoms with van der Waals surface area (Å²) in [4.78, 5) is 30.4. The van der Waals surface area contributed by atoms with Gasteiger partial charge in [0.1, 0.15) is 5.76 Å². The number of hydrogen-bond donors (Lipinski definition) is 2. The van der Waals surface area contributed by atoms with E-state index in [0.717, 1.165) is 0 Å². The van der Waals surface area contributed by atoms with Crippen LogP contribution in [0.15, 0.2) is 54.4 Å². The molecular weight excluding hydrogens is 356 g/mol. The fourth-order valence-electron chi connectivity index (χ4n) is 3.00. The molecule has 0 spiro atoms. The minimum absolute atomic E-state index is 0.0361. The highest BCUT2D eigenvalue weighted by atomic mass is 35.5. The average molecular weight is 373 g/mol. The molecule has 1 aliphatic rings. The Kier molecular flexibility index (Phi) is 5.06. The summed E-state index contributed by atoms with van der Waals surface area (Å²) in [5.74, 6) is -1.86. The summed E-state index contributed by atoms with van der Waals surface area (Å²) in [5, 5.41) is 21.0. The van der Waals surface area contributed by atoms with Gasteiger partial charge in [0.05, 0.1) is 17.7 Å². The van der Waals surface area contributed by atoms with E-state index in [-0.39, 0.29) is 17.9 Å². The van der Waals surface area contributed by atoms with E-state index >= 15 is 0 Å². The third kappa shape index (κ3) is 3.34. The van der Waals surface area contributed by atoms with E-state index in [4.69, 9.17) is 11.6 Å². The summed E-state index contributed by atoms with van der Waals surface area (Å²) >= 11 is 5.87. The maximum absolute atomic E-state index is 12.6. The van der Waals surface area contributed by atoms with E-state index in [9.17, 15) is 19.8 Å². The van der Waals surface area contributed by atoms with Crippen LogP contribution >= 0.6 is 11.6 Å². The number of β-amino-alcohol motifs (C(OH)–C–C–N with tert-alkyl or cyclic N) is 1. The van der Waals surface area contributed by atoms with Crippen molar-refractivity contribution in [2.24, 2.45) is 0 Å². The number of Topliss-reactive ketones (excluding diaryl/α,β-unsaturated/α-hetero) is 1. The Balaban J connectivity index is 2.17. The normalized spacial score (nSPS) is 20.4. The predicted octanol–water partition coefficient (Wildman–Crippen LogP) is 2.54. The summed E-state index contributed by atoms with van der Waals surface area (Å²) in [6, 6.07) is 8.88. The number of benzene rings is 1. The van der Waals surface area contributed by atoms with Crippen LogP contribution in [0.3, 0.4) is 0 Å². The van der Waals surface area contributed by atoms with Gasteiger partial charge >= 0.3 is 0 Å². The lowest BCUT2D eigenvalue weighted by Crippen LogP contribution is -2.35. The van der Waals surface area contributed by atoms with Crippen LogP contribution in [0, 0.1) is 0 Å². The summed E-state index contributed by atoms with van der Waals surface area (Å²) in [6.07, 6.45) is 2.27. The molecule has 2 heterocycles. The van der Waals surface area contributed by atoms with Gasteiger partial charge in [-0.15, -0.1) is 0 Å². The molecule has 7 heteroatoms. The molecule has 26 heavy (non-hydrogen) atoms. The number of carbonyl (C=O) groups excluding carboxylic acids is 2. The maximum Gasteiger partial charge on any atom is 0.295 e. The first kappa shape index (κ1) is 18.1. The second-order valence-corrected chi connectivity index (χ2v) is 6.53. The molecule has 0 bridgehead atoms. The molecular formula is C19H17ClN2O4. The lowest BCUT2D eigenvalue weighted by Gasteiger charge is -2.26. The van der Waals surface area contributed by atoms with Crippen molar-refractivity contribution in [3.8, 4) is 0 Å². The number of amides is 1. The predicted molar refractivity (Wildman–Crippen MR) is 96.4 cm³/mol. The van der Waals surface area contributed by atoms with Crippen LogP contribution in [0.4, 0.5) is 0 Å². The second-order valence-electron chi connectivity index (χ2n) is 6.09. The fraction of sp³-hybridized carbons (Fsp3) is 0.211. The highest BCUT2D eigenvalue weighted by Gasteiger charge is 2.46. The summed E-state index contributed by atoms with van der Waals surface area (Å²) in [6.45, 7) is 1.49. The smallest absolute Gasteiger partial charge is 0.295 e. The highest BCUT2D eigenvalue weighted by molar-refractivity contribution is 6.46. The minimum atomic E-state index is -0.831. The third-order valence-electron chi connectivity index (χ3n) is 4.12. The summed E-state index contributed by atoms with van der Waals surface area (Å²) in [5.41, 5.74) is 0.909. The van der Waals surface area contributed by atoms with E-state index in [1.165, 1.54) is 18.0 Å². The largest absolute Gasteiger partial charge is 0.507 e. The number of likely N-dealkylation sites (tertiary alicyclic amines) is 1. The van der Waals surface area contributed by atoms with Crippen LogP contribution in [0.25, 0.3) is 5.76 Å². The molecule has 0 aliphatic carbocycles. The highest BCUT2D eigenvalue weighted by Crippen LogP contribution is 2.39. The van der Waals surface area contributed by atoms with Crippen molar-refractivity contribution < 1.29 is 19.8 Å². The first-order valence-corrected chi connectivity index (χ1v) is 8.40. The number of halogens is 1. The molecule has 3 rings (SSSR count). The van der Waals surface area contributed by atoms with Crippen molar-refractivity contribution >= 4 is 29.1 Å². The zero-order valence-electron chi connectivity index (χ0n) is 14.0. The zero-order valence-corrected chi connectivity index (χ0v) is 14.7. The second kappa shape index (κ2) is 7.27. The van der Waals surface area contributed by atoms with Gasteiger partial charge in [0.2, 0.25) is 0 Å². The van der Waals surface area contributed by atoms with E-state index < -0.39 is 23.8 Å². The molecule has 6 nitrogen and oxygen atoms in total. The van der Waals surface area contributed by atoms with Gasteiger partial charge in [0.25, 0.3) is 11.7 Å². The Bertz CT molecular complexity index is 863. The van der Waals surface area contributed by atoms with Gasteiger partial charge in [-0.05, 0) is 42.8 Å². The molecule has 0 radical (unpaired) electrons. The van der Waals surface area contributed by atoms with Gasteiger partial charge < -0.3 is 15.1 Å². The van der Waals surface area contributed by atoms with Crippen LogP contribution in [0.2, 0.25) is 5.02 Å². The number of aliphatic hydroxyl groups excluding tert-OH is 2. The number of ketones is 1. The Morgan fingerprint density at radius 3 is 2.54 bits per heavy atom. The molecule has 1 aliphatic heterocycles. The Morgan fingerprint density at radius 2 is 1.96 bits per heavy atom. The molecule has 1 saturated heterocycles. The first-order valence-electron chi connectivity index (χ1n) is 8.02. The quantitative estimate of drug-likeness (QED) is 0.489. The molecule has 1 fully saturated rings. The van der Waals surface area contributed by atoms with Crippen LogP contribution in [-0.2, 0) is 9.59 Å². The van der Waals surface area contributed by atoms with E-state index in [2.05, 4.69) is 4.98 Å². The molecule has 2 atom stereocenters. The lowest BCUT2D eigenvalue weighted by atomic mass is 9.96. The van der Waals surface area contributed by atoms with Gasteiger partial charge in [-0.3, -0.25) is 14.6 Å². The molecule has 1 aromatic carbocycles. The van der Waals surface area contributed by atoms with Gasteiger partial charge in [0, 0.05) is 29.5 Å². The number of aromatic nitrogens is 1. The van der Waals surface area contributed by atoms with E-state index in [0.29, 0.717) is 16.1 Å². The number of pyridine rings is 1. The van der Waals surface area contributed by atoms with Crippen molar-refractivity contribution in [1.82, 2.24) is 9.88 Å². The molecule has 1 amide bonds. The number of carbonyl (C=O) groups is 2. The van der Waals surface area contributed by atoms with Crippen molar-refractivity contribution in [1.29, 1.82) is 0 Å². The SMILES string of the molecule is CC(O)CN1C(=O)C(=O)/C(=C(\O)c2ccc(Cl)cc2)C1c1cccnc1. The van der Waals surface area contributed by atoms with E-state index in [1.807, 2.05) is 0 Å². The Morgan fingerprint density at radius 1 is 1.27 bits per heavy atom. The maximum atomic E-state index is 12.6. The van der Waals surface area contributed by atoms with Crippen molar-refractivity contribution in [2.45, 2.75) is 19.1 Å². The van der Waals surface area contributed by atoms with Crippen molar-refractivity contribution in [3.05, 3.63) is 70.5 Å². The number of rotatable bonds is 4. The molecule has 2 unspecified atom stereocenters. The number of aliphatic hydroxyl groups is 2. The average Bonchev–Trinajstić information content (AvgIpc) is 2.87. The fourth-order valence-corrected chi connectivity index (χ4v) is 3.13. The monoisotopic (exact) mass is 372 g/mol. The first-order chi connectivity index (χ1) is 12.4. The number of nitrogens with zero attached hydrogens (tertiary/aromatic N) is 2. The molecule has 134 valence electrons. The van der Waals surface area contributed by atoms with Crippen molar-refractivity contribution in [3.63, 3.8) is 0 Å². The zero-order chi connectivity index (χ0) is 18.8. The minimum Gasteiger partial charge on any atom is -0.507 e. The van der Waals surface area contributed by atoms with Crippen LogP contribution in [0.1, 0.15) is 24.1 Å². The summed E-state index contributed by atoms with van der Waals surface area (Å²) in [7, 11) is 0. The molecule has 1 aromatic heterocycles. The van der Waals surface area contributed by atoms with Crippen LogP contribution < -0.4 is 0 Å². The summed E-state index contributed by atoms with van der Waals surface area (Å²) < 4.78 is 0. The Hall–Kier alpha value is -2.70. The van der Waals surface area contributed by atoms with Gasteiger partial charge in [0.15, 0.2) is 0 Å². The van der Waals surface area contributed by atoms with E-state index in [1.54, 1.807) is 42.6 Å². The van der Waals surface area contributed by atoms with Gasteiger partial charge in [-0.1, -0.05) is 17.7 Å². The topological polar surface area (TPSA) is 90.7 Å². The van der Waals surface area contributed by atoms with Gasteiger partial charge in [-0.2, -0.15) is 0 Å². The molecule has 2 N–H and O–H groups in total.